The average Bonchev–Trinajstić information content (AvgIpc) is 2.63. The van der Waals surface area contributed by atoms with Crippen LogP contribution in [-0.2, 0) is 9.59 Å². The molecule has 1 aromatic rings. The number of nitrogens with zero attached hydrogens (tertiary/aromatic N) is 1. The molecule has 2 N–H and O–H groups in total. The van der Waals surface area contributed by atoms with E-state index < -0.39 is 17.8 Å². The number of hydrogen-bond acceptors (Lipinski definition) is 4. The van der Waals surface area contributed by atoms with Crippen LogP contribution < -0.4 is 20.2 Å². The molecule has 1 heterocycles. The van der Waals surface area contributed by atoms with Crippen LogP contribution in [-0.4, -0.2) is 45.1 Å². The van der Waals surface area contributed by atoms with Gasteiger partial charge in [-0.1, -0.05) is 12.8 Å². The molecule has 1 saturated carbocycles. The molecule has 6 heteroatoms. The van der Waals surface area contributed by atoms with Gasteiger partial charge >= 0.3 is 0 Å². The first-order chi connectivity index (χ1) is 12.0. The zero-order valence-electron chi connectivity index (χ0n) is 14.8. The monoisotopic (exact) mass is 345 g/mol. The molecule has 1 aliphatic heterocycles. The zero-order valence-corrected chi connectivity index (χ0v) is 14.8. The predicted molar refractivity (Wildman–Crippen MR) is 94.4 cm³/mol. The van der Waals surface area contributed by atoms with Crippen LogP contribution in [0.25, 0.3) is 0 Å². The topological polar surface area (TPSA) is 76.9 Å². The van der Waals surface area contributed by atoms with Crippen molar-refractivity contribution < 1.29 is 19.6 Å². The van der Waals surface area contributed by atoms with E-state index in [0.717, 1.165) is 50.4 Å². The van der Waals surface area contributed by atoms with Gasteiger partial charge in [0.1, 0.15) is 0 Å². The summed E-state index contributed by atoms with van der Waals surface area (Å²) < 4.78 is 0. The van der Waals surface area contributed by atoms with Crippen molar-refractivity contribution in [1.82, 2.24) is 0 Å². The van der Waals surface area contributed by atoms with Crippen molar-refractivity contribution in [3.63, 3.8) is 0 Å². The summed E-state index contributed by atoms with van der Waals surface area (Å²) in [6, 6.07) is 7.84. The molecular weight excluding hydrogens is 318 g/mol. The summed E-state index contributed by atoms with van der Waals surface area (Å²) in [5.41, 5.74) is 1.88. The lowest BCUT2D eigenvalue weighted by atomic mass is 9.78. The number of piperazine rings is 1. The number of hydrogen-bond donors (Lipinski definition) is 2. The third kappa shape index (κ3) is 4.31. The van der Waals surface area contributed by atoms with Crippen LogP contribution in [0.15, 0.2) is 24.3 Å². The van der Waals surface area contributed by atoms with E-state index in [1.54, 1.807) is 4.90 Å². The molecule has 0 radical (unpaired) electrons. The van der Waals surface area contributed by atoms with Gasteiger partial charge in [-0.25, -0.2) is 0 Å². The van der Waals surface area contributed by atoms with Crippen molar-refractivity contribution in [3.05, 3.63) is 24.3 Å². The van der Waals surface area contributed by atoms with Gasteiger partial charge in [-0.2, -0.15) is 0 Å². The Morgan fingerprint density at radius 3 is 2.28 bits per heavy atom. The highest BCUT2D eigenvalue weighted by Crippen LogP contribution is 2.31. The maximum Gasteiger partial charge on any atom is 0.228 e. The second-order valence-electron chi connectivity index (χ2n) is 7.30. The van der Waals surface area contributed by atoms with Crippen LogP contribution in [0.4, 0.5) is 11.4 Å². The van der Waals surface area contributed by atoms with Crippen LogP contribution in [0.5, 0.6) is 0 Å². The van der Waals surface area contributed by atoms with E-state index in [9.17, 15) is 14.7 Å². The van der Waals surface area contributed by atoms with Crippen molar-refractivity contribution in [1.29, 1.82) is 0 Å². The molecule has 25 heavy (non-hydrogen) atoms. The Morgan fingerprint density at radius 1 is 1.08 bits per heavy atom. The van der Waals surface area contributed by atoms with E-state index in [1.807, 2.05) is 24.3 Å². The van der Waals surface area contributed by atoms with Gasteiger partial charge in [-0.05, 0) is 37.1 Å². The van der Waals surface area contributed by atoms with E-state index in [2.05, 4.69) is 17.3 Å². The summed E-state index contributed by atoms with van der Waals surface area (Å²) in [6.07, 6.45) is 2.90. The molecule has 1 aromatic carbocycles. The van der Waals surface area contributed by atoms with Crippen LogP contribution in [0.1, 0.15) is 25.7 Å². The summed E-state index contributed by atoms with van der Waals surface area (Å²) in [6.45, 7) is 4.33. The quantitative estimate of drug-likeness (QED) is 0.773. The van der Waals surface area contributed by atoms with Crippen molar-refractivity contribution in [3.8, 4) is 0 Å². The van der Waals surface area contributed by atoms with Crippen LogP contribution >= 0.6 is 0 Å². The largest absolute Gasteiger partial charge is 0.550 e. The van der Waals surface area contributed by atoms with Gasteiger partial charge in [0.05, 0.1) is 33.2 Å². The summed E-state index contributed by atoms with van der Waals surface area (Å²) in [7, 11) is 2.21. The number of carboxylic acids is 1. The van der Waals surface area contributed by atoms with Crippen molar-refractivity contribution in [2.45, 2.75) is 25.7 Å². The molecule has 6 nitrogen and oxygen atoms in total. The maximum absolute atomic E-state index is 12.5. The predicted octanol–water partition coefficient (Wildman–Crippen LogP) is -0.484. The standard InChI is InChI=1S/C19H27N3O3/c1-21-10-12-22(13-11-21)15-8-6-14(7-9-15)20-18(23)16-4-2-3-5-17(16)19(24)25/h6-9,16-17H,2-5,10-13H2,1H3,(H,20,23)(H,24,25)/t16-,17-/m1/s1. The number of likely N-dealkylation sites (N-methyl/N-ethyl adjacent to an activating group) is 1. The fourth-order valence-corrected chi connectivity index (χ4v) is 3.86. The number of benzene rings is 1. The minimum Gasteiger partial charge on any atom is -0.550 e. The number of anilines is 2. The lowest BCUT2D eigenvalue weighted by Crippen LogP contribution is -3.12. The SMILES string of the molecule is C[NH+]1CCN(c2ccc(NC(=O)[C@@H]3CCCC[C@H]3C(=O)[O-])cc2)CC1. The minimum absolute atomic E-state index is 0.204. The average molecular weight is 345 g/mol. The maximum atomic E-state index is 12.5. The highest BCUT2D eigenvalue weighted by Gasteiger charge is 2.31. The molecule has 0 spiro atoms. The Balaban J connectivity index is 1.60. The lowest BCUT2D eigenvalue weighted by molar-refractivity contribution is -0.880. The highest BCUT2D eigenvalue weighted by molar-refractivity contribution is 5.95. The van der Waals surface area contributed by atoms with Gasteiger partial charge in [0.25, 0.3) is 0 Å². The molecule has 136 valence electrons. The third-order valence-electron chi connectivity index (χ3n) is 5.52. The summed E-state index contributed by atoms with van der Waals surface area (Å²) in [5, 5.41) is 14.1. The van der Waals surface area contributed by atoms with Gasteiger partial charge in [0, 0.05) is 29.2 Å². The molecule has 1 amide bonds. The first-order valence-corrected chi connectivity index (χ1v) is 9.22. The molecule has 1 saturated heterocycles. The Labute approximate surface area is 148 Å². The van der Waals surface area contributed by atoms with Crippen LogP contribution in [0.2, 0.25) is 0 Å². The fourth-order valence-electron chi connectivity index (χ4n) is 3.86. The smallest absolute Gasteiger partial charge is 0.228 e. The van der Waals surface area contributed by atoms with Crippen molar-refractivity contribution >= 4 is 23.3 Å². The van der Waals surface area contributed by atoms with Crippen LogP contribution in [0.3, 0.4) is 0 Å². The molecular formula is C19H27N3O3. The number of aliphatic carboxylic acids is 1. The number of nitrogens with one attached hydrogen (secondary N) is 2. The molecule has 2 aliphatic rings. The molecule has 2 atom stereocenters. The molecule has 2 fully saturated rings. The highest BCUT2D eigenvalue weighted by atomic mass is 16.4. The molecule has 0 bridgehead atoms. The van der Waals surface area contributed by atoms with E-state index in [0.29, 0.717) is 12.8 Å². The van der Waals surface area contributed by atoms with Gasteiger partial charge in [-0.3, -0.25) is 4.79 Å². The van der Waals surface area contributed by atoms with E-state index in [-0.39, 0.29) is 5.91 Å². The van der Waals surface area contributed by atoms with Gasteiger partial charge < -0.3 is 25.0 Å². The lowest BCUT2D eigenvalue weighted by Gasteiger charge is -2.32. The van der Waals surface area contributed by atoms with E-state index in [4.69, 9.17) is 0 Å². The number of carbonyl (C=O) groups is 2. The molecule has 0 aromatic heterocycles. The van der Waals surface area contributed by atoms with Crippen molar-refractivity contribution in [2.24, 2.45) is 11.8 Å². The Bertz CT molecular complexity index is 609. The fraction of sp³-hybridized carbons (Fsp3) is 0.579. The summed E-state index contributed by atoms with van der Waals surface area (Å²) in [4.78, 5) is 27.7. The third-order valence-corrected chi connectivity index (χ3v) is 5.52. The minimum atomic E-state index is -1.10. The van der Waals surface area contributed by atoms with E-state index >= 15 is 0 Å². The number of amides is 1. The van der Waals surface area contributed by atoms with E-state index in [1.165, 1.54) is 0 Å². The number of rotatable bonds is 4. The molecule has 3 rings (SSSR count). The molecule has 0 unspecified atom stereocenters. The van der Waals surface area contributed by atoms with Gasteiger partial charge in [0.15, 0.2) is 0 Å². The second-order valence-corrected chi connectivity index (χ2v) is 7.30. The number of carbonyl (C=O) groups excluding carboxylic acids is 2. The zero-order chi connectivity index (χ0) is 17.8. The Morgan fingerprint density at radius 2 is 1.68 bits per heavy atom. The first-order valence-electron chi connectivity index (χ1n) is 9.22. The summed E-state index contributed by atoms with van der Waals surface area (Å²) >= 11 is 0. The Kier molecular flexibility index (Phi) is 5.58. The second kappa shape index (κ2) is 7.87. The Hall–Kier alpha value is -2.08. The first kappa shape index (κ1) is 17.7. The number of quaternary nitrogens is 1. The van der Waals surface area contributed by atoms with Gasteiger partial charge in [0.2, 0.25) is 5.91 Å². The normalized spacial score (nSPS) is 24.8. The van der Waals surface area contributed by atoms with Gasteiger partial charge in [-0.15, -0.1) is 0 Å². The summed E-state index contributed by atoms with van der Waals surface area (Å²) in [5.74, 6) is -2.46. The molecule has 1 aliphatic carbocycles. The number of carboxylic acid groups (broad SMARTS) is 1. The van der Waals surface area contributed by atoms with Crippen LogP contribution in [0, 0.1) is 11.8 Å². The van der Waals surface area contributed by atoms with Crippen molar-refractivity contribution in [2.75, 3.05) is 43.4 Å².